The van der Waals surface area contributed by atoms with E-state index in [0.29, 0.717) is 17.5 Å². The minimum atomic E-state index is 0.0785. The monoisotopic (exact) mass is 1730 g/mol. The van der Waals surface area contributed by atoms with Crippen molar-refractivity contribution in [3.05, 3.63) is 484 Å². The van der Waals surface area contributed by atoms with Gasteiger partial charge in [-0.15, -0.1) is 15.3 Å². The average Bonchev–Trinajstić information content (AvgIpc) is 1.59. The predicted octanol–water partition coefficient (Wildman–Crippen LogP) is 30.9. The first-order valence-corrected chi connectivity index (χ1v) is 45.8. The minimum Gasteiger partial charge on any atom is -0.309 e. The summed E-state index contributed by atoms with van der Waals surface area (Å²) in [6, 6.07) is 166. The van der Waals surface area contributed by atoms with Gasteiger partial charge in [0.25, 0.3) is 0 Å². The van der Waals surface area contributed by atoms with Crippen LogP contribution in [0.25, 0.3) is 212 Å². The third-order valence-electron chi connectivity index (χ3n) is 25.7. The highest BCUT2D eigenvalue weighted by molar-refractivity contribution is 6.11. The van der Waals surface area contributed by atoms with Crippen LogP contribution in [-0.4, -0.2) is 58.0 Å². The Kier molecular flexibility index (Phi) is 21.1. The highest BCUT2D eigenvalue weighted by Gasteiger charge is 2.24. The zero-order chi connectivity index (χ0) is 90.5. The number of rotatable bonds is 15. The lowest BCUT2D eigenvalue weighted by molar-refractivity contribution is 0.590. The topological polar surface area (TPSA) is 107 Å². The molecule has 0 aliphatic heterocycles. The molecule has 0 radical (unpaired) electrons. The summed E-state index contributed by atoms with van der Waals surface area (Å²) in [5, 5.41) is 25.1. The maximum absolute atomic E-state index is 5.14. The Bertz CT molecular complexity index is 8460. The van der Waals surface area contributed by atoms with Crippen LogP contribution >= 0.6 is 0 Å². The Labute approximate surface area is 782 Å². The fourth-order valence-corrected chi connectivity index (χ4v) is 18.7. The number of hydrogen-bond donors (Lipinski definition) is 0. The van der Waals surface area contributed by atoms with E-state index < -0.39 is 0 Å². The van der Waals surface area contributed by atoms with E-state index in [2.05, 4.69) is 496 Å². The number of benzene rings is 19. The summed E-state index contributed by atoms with van der Waals surface area (Å²) in [5.74, 6) is 4.51. The Hall–Kier alpha value is -17.7. The molecule has 0 saturated carbocycles. The van der Waals surface area contributed by atoms with E-state index in [1.807, 2.05) is 32.2 Å². The average molecular weight is 1740 g/mol. The van der Waals surface area contributed by atoms with Crippen LogP contribution in [0.4, 0.5) is 0 Å². The summed E-state index contributed by atoms with van der Waals surface area (Å²) in [6.45, 7) is 8.79. The van der Waals surface area contributed by atoms with E-state index in [9.17, 15) is 0 Å². The molecule has 642 valence electrons. The molecule has 19 aromatic carbocycles. The van der Waals surface area contributed by atoms with Crippen molar-refractivity contribution in [1.29, 1.82) is 0 Å². The van der Waals surface area contributed by atoms with Gasteiger partial charge in [-0.25, -0.2) is 29.0 Å². The van der Waals surface area contributed by atoms with Crippen LogP contribution in [0.2, 0.25) is 0 Å². The van der Waals surface area contributed by atoms with Gasteiger partial charge in [-0.1, -0.05) is 384 Å². The van der Waals surface area contributed by atoms with E-state index in [-0.39, 0.29) is 5.41 Å². The molecule has 0 amide bonds. The van der Waals surface area contributed by atoms with Gasteiger partial charge in [0.05, 0.1) is 50.2 Å². The molecule has 0 spiro atoms. The van der Waals surface area contributed by atoms with Crippen LogP contribution in [-0.2, 0) is 5.41 Å². The van der Waals surface area contributed by atoms with Gasteiger partial charge in [0.2, 0.25) is 0 Å². The first-order valence-electron chi connectivity index (χ1n) is 45.8. The molecule has 25 aromatic rings. The minimum absolute atomic E-state index is 0.0785. The number of hydrogen-bond acceptors (Lipinski definition) is 6. The first kappa shape index (κ1) is 81.7. The van der Waals surface area contributed by atoms with Gasteiger partial charge in [0.15, 0.2) is 34.9 Å². The molecule has 0 aliphatic rings. The molecule has 0 N–H and O–H groups in total. The van der Waals surface area contributed by atoms with Gasteiger partial charge < -0.3 is 13.7 Å². The lowest BCUT2D eigenvalue weighted by Gasteiger charge is -2.18. The molecule has 0 bridgehead atoms. The van der Waals surface area contributed by atoms with E-state index in [1.54, 1.807) is 0 Å². The third-order valence-corrected chi connectivity index (χ3v) is 25.7. The fraction of sp³-hybridized carbons (Fsp3) is 0.0407. The van der Waals surface area contributed by atoms with Crippen LogP contribution in [0.3, 0.4) is 0 Å². The molecule has 25 rings (SSSR count). The van der Waals surface area contributed by atoms with Crippen molar-refractivity contribution < 1.29 is 0 Å². The predicted molar refractivity (Wildman–Crippen MR) is 557 cm³/mol. The van der Waals surface area contributed by atoms with Crippen molar-refractivity contribution in [1.82, 2.24) is 58.0 Å². The zero-order valence-corrected chi connectivity index (χ0v) is 74.9. The van der Waals surface area contributed by atoms with Crippen LogP contribution in [0.1, 0.15) is 31.9 Å². The lowest BCUT2D eigenvalue weighted by atomic mass is 9.87. The maximum atomic E-state index is 5.14. The quantitative estimate of drug-likeness (QED) is 0.101. The van der Waals surface area contributed by atoms with E-state index in [0.717, 1.165) is 85.0 Å². The SMILES string of the molecule is CC(C)(C)c1ccc(-c2nc(-c3ccc(-c4ccccc4)cc3)n(-c3ccc(-n4c5ccccc5c5ccccc54)cc3)n2)cc1.Cc1ccc(-c2nc(-c3ccc(-c4ccccc4)cc3)n(-c3ccc(-n4c5ccccc5c5ccccc54)cc3)n2)cc1.c1ccc(-c2ccc(-c3nc(-c4ccc5ccccc5c4)nn3-c3ccc(-n4c5ccccc5c5ccccc54)cc3)cc2)cc1. The zero-order valence-electron chi connectivity index (χ0n) is 74.9. The summed E-state index contributed by atoms with van der Waals surface area (Å²) in [5.41, 5.74) is 29.0. The second-order valence-corrected chi connectivity index (χ2v) is 35.3. The molecular formula is C123H90N12. The molecule has 135 heavy (non-hydrogen) atoms. The number of fused-ring (bicyclic) bond motifs is 10. The largest absolute Gasteiger partial charge is 0.309 e. The van der Waals surface area contributed by atoms with E-state index in [1.165, 1.54) is 121 Å². The van der Waals surface area contributed by atoms with Gasteiger partial charge in [-0.3, -0.25) is 0 Å². The van der Waals surface area contributed by atoms with Crippen molar-refractivity contribution in [2.24, 2.45) is 0 Å². The van der Waals surface area contributed by atoms with Crippen LogP contribution in [0.15, 0.2) is 473 Å². The second kappa shape index (κ2) is 34.9. The molecule has 12 heteroatoms. The van der Waals surface area contributed by atoms with Gasteiger partial charge in [0, 0.05) is 82.8 Å². The molecule has 0 aliphatic carbocycles. The van der Waals surface area contributed by atoms with Crippen molar-refractivity contribution >= 4 is 76.2 Å². The van der Waals surface area contributed by atoms with Gasteiger partial charge in [-0.2, -0.15) is 0 Å². The van der Waals surface area contributed by atoms with E-state index in [4.69, 9.17) is 30.2 Å². The molecule has 12 nitrogen and oxygen atoms in total. The number of aromatic nitrogens is 12. The van der Waals surface area contributed by atoms with Crippen molar-refractivity contribution in [2.75, 3.05) is 0 Å². The van der Waals surface area contributed by atoms with Gasteiger partial charge >= 0.3 is 0 Å². The smallest absolute Gasteiger partial charge is 0.182 e. The number of nitrogens with zero attached hydrogens (tertiary/aromatic N) is 12. The van der Waals surface area contributed by atoms with Crippen LogP contribution in [0, 0.1) is 6.92 Å². The highest BCUT2D eigenvalue weighted by atomic mass is 15.4. The van der Waals surface area contributed by atoms with Crippen LogP contribution in [0.5, 0.6) is 0 Å². The van der Waals surface area contributed by atoms with Crippen molar-refractivity contribution in [2.45, 2.75) is 33.1 Å². The molecule has 6 aromatic heterocycles. The number of aryl methyl sites for hydroxylation is 1. The van der Waals surface area contributed by atoms with Crippen molar-refractivity contribution in [3.8, 4) is 136 Å². The Balaban J connectivity index is 0.000000114. The Morgan fingerprint density at radius 1 is 0.185 bits per heavy atom. The van der Waals surface area contributed by atoms with Gasteiger partial charge in [-0.05, 0) is 177 Å². The molecule has 6 heterocycles. The molecule has 0 atom stereocenters. The van der Waals surface area contributed by atoms with Crippen LogP contribution < -0.4 is 0 Å². The maximum Gasteiger partial charge on any atom is 0.182 e. The third kappa shape index (κ3) is 15.8. The Morgan fingerprint density at radius 3 is 0.719 bits per heavy atom. The second-order valence-electron chi connectivity index (χ2n) is 35.3. The van der Waals surface area contributed by atoms with Gasteiger partial charge in [0.1, 0.15) is 0 Å². The molecular weight excluding hydrogens is 1650 g/mol. The number of para-hydroxylation sites is 6. The summed E-state index contributed by atoms with van der Waals surface area (Å²) >= 11 is 0. The Morgan fingerprint density at radius 2 is 0.415 bits per heavy atom. The standard InChI is InChI=1S/C42H28N4.C42H34N4.C39H28N4/c1-2-10-29(11-3-1)31-18-21-32(22-19-31)42-43-41(34-23-20-30-12-4-5-13-33(30)28-34)44-46(42)36-26-24-35(25-27-36)45-39-16-8-6-14-37(39)38-15-7-9-17-40(38)45;1-42(2,3)33-23-21-31(22-24-33)40-43-41(32-19-17-30(18-20-32)29-11-5-4-6-12-29)46(44-40)35-27-25-34(26-28-35)45-38-15-9-7-13-36(38)37-14-8-10-16-39(37)45;1-27-15-17-30(18-16-27)38-40-39(31-21-19-29(20-22-31)28-9-3-2-4-10-28)43(41-38)33-25-23-32(24-26-33)42-36-13-7-5-11-34(36)35-12-6-8-14-37(35)42/h1-28H;4-28H,1-3H3;2-26H,1H3. The van der Waals surface area contributed by atoms with Crippen molar-refractivity contribution in [3.63, 3.8) is 0 Å². The first-order chi connectivity index (χ1) is 66.5. The molecule has 0 fully saturated rings. The summed E-state index contributed by atoms with van der Waals surface area (Å²) in [7, 11) is 0. The van der Waals surface area contributed by atoms with E-state index >= 15 is 0 Å². The summed E-state index contributed by atoms with van der Waals surface area (Å²) in [4.78, 5) is 15.3. The normalized spacial score (nSPS) is 11.6. The highest BCUT2D eigenvalue weighted by Crippen LogP contribution is 2.40. The molecule has 0 saturated heterocycles. The summed E-state index contributed by atoms with van der Waals surface area (Å²) < 4.78 is 12.9. The fourth-order valence-electron chi connectivity index (χ4n) is 18.7. The summed E-state index contributed by atoms with van der Waals surface area (Å²) in [6.07, 6.45) is 0. The molecule has 0 unspecified atom stereocenters. The lowest BCUT2D eigenvalue weighted by Crippen LogP contribution is -2.10.